The van der Waals surface area contributed by atoms with Gasteiger partial charge in [-0.05, 0) is 45.0 Å². The number of carbonyl (C=O) groups is 1. The summed E-state index contributed by atoms with van der Waals surface area (Å²) in [6.07, 6.45) is 1.81. The molecule has 43 heavy (non-hydrogen) atoms. The molecular formula is C32H33N5O4S2. The number of carbonyl (C=O) groups excluding carboxylic acids is 1. The summed E-state index contributed by atoms with van der Waals surface area (Å²) in [5.74, 6) is 0.111. The number of rotatable bonds is 10. The number of hydrogen-bond acceptors (Lipinski definition) is 7. The standard InChI is InChI=1S/C32H33N5O4S2/c1-4-35(5-2)32(38)31-29-25-10-6-8-12-27(25)37(30(29)26-11-7-9-13-28(26)42-31)21-23-20-36(34-33-23)18-19-41-43(39,40)24-16-14-22(3)15-17-24/h6-17,20,31H,4-5,18-19,21H2,1-3H3. The van der Waals surface area contributed by atoms with Crippen LogP contribution < -0.4 is 0 Å². The second kappa shape index (κ2) is 12.0. The topological polar surface area (TPSA) is 99.3 Å². The van der Waals surface area contributed by atoms with Crippen LogP contribution in [0.1, 0.15) is 35.9 Å². The first-order valence-corrected chi connectivity index (χ1v) is 16.6. The second-order valence-electron chi connectivity index (χ2n) is 10.4. The Hall–Kier alpha value is -3.93. The zero-order chi connectivity index (χ0) is 30.1. The lowest BCUT2D eigenvalue weighted by Gasteiger charge is -2.29. The van der Waals surface area contributed by atoms with Crippen LogP contribution in [0.4, 0.5) is 0 Å². The highest BCUT2D eigenvalue weighted by Gasteiger charge is 2.37. The average Bonchev–Trinajstić information content (AvgIpc) is 3.60. The van der Waals surface area contributed by atoms with E-state index in [0.29, 0.717) is 25.3 Å². The lowest BCUT2D eigenvalue weighted by atomic mass is 10.0. The van der Waals surface area contributed by atoms with Gasteiger partial charge in [-0.2, -0.15) is 8.42 Å². The fourth-order valence-corrected chi connectivity index (χ4v) is 7.78. The molecule has 0 aliphatic carbocycles. The van der Waals surface area contributed by atoms with Gasteiger partial charge < -0.3 is 9.47 Å². The zero-order valence-corrected chi connectivity index (χ0v) is 25.9. The molecule has 0 fully saturated rings. The van der Waals surface area contributed by atoms with Crippen molar-refractivity contribution in [3.05, 3.63) is 95.8 Å². The monoisotopic (exact) mass is 615 g/mol. The van der Waals surface area contributed by atoms with Gasteiger partial charge in [0.15, 0.2) is 0 Å². The molecule has 11 heteroatoms. The molecule has 1 aliphatic heterocycles. The molecule has 0 saturated carbocycles. The third-order valence-electron chi connectivity index (χ3n) is 7.73. The normalized spacial score (nSPS) is 14.4. The van der Waals surface area contributed by atoms with Crippen LogP contribution in [0.2, 0.25) is 0 Å². The summed E-state index contributed by atoms with van der Waals surface area (Å²) in [7, 11) is -3.87. The highest BCUT2D eigenvalue weighted by atomic mass is 32.2. The van der Waals surface area contributed by atoms with Crippen molar-refractivity contribution in [1.29, 1.82) is 0 Å². The number of thioether (sulfide) groups is 1. The first-order valence-electron chi connectivity index (χ1n) is 14.3. The molecule has 1 aliphatic rings. The summed E-state index contributed by atoms with van der Waals surface area (Å²) in [6, 6.07) is 23.0. The molecule has 1 unspecified atom stereocenters. The fraction of sp³-hybridized carbons (Fsp3) is 0.281. The van der Waals surface area contributed by atoms with Crippen molar-refractivity contribution in [2.24, 2.45) is 0 Å². The number of aromatic nitrogens is 4. The summed E-state index contributed by atoms with van der Waals surface area (Å²) in [5.41, 5.74) is 5.83. The largest absolute Gasteiger partial charge is 0.342 e. The Bertz CT molecular complexity index is 1890. The summed E-state index contributed by atoms with van der Waals surface area (Å²) in [5, 5.41) is 9.33. The Labute approximate surface area is 255 Å². The number of benzene rings is 3. The number of likely N-dealkylation sites (N-methyl/N-ethyl adjacent to an activating group) is 1. The van der Waals surface area contributed by atoms with Crippen LogP contribution in [0.25, 0.3) is 22.2 Å². The Kier molecular flexibility index (Phi) is 8.13. The molecule has 1 amide bonds. The summed E-state index contributed by atoms with van der Waals surface area (Å²) >= 11 is 1.62. The van der Waals surface area contributed by atoms with Gasteiger partial charge in [0.2, 0.25) is 5.91 Å². The molecule has 0 N–H and O–H groups in total. The van der Waals surface area contributed by atoms with E-state index in [0.717, 1.165) is 38.2 Å². The van der Waals surface area contributed by atoms with Crippen LogP contribution in [-0.4, -0.2) is 58.5 Å². The molecule has 0 radical (unpaired) electrons. The van der Waals surface area contributed by atoms with E-state index in [1.54, 1.807) is 28.6 Å². The average molecular weight is 616 g/mol. The van der Waals surface area contributed by atoms with E-state index < -0.39 is 10.1 Å². The SMILES string of the molecule is CCN(CC)C(=O)C1Sc2ccccc2-c2c1c1ccccc1n2Cc1cn(CCOS(=O)(=O)c2ccc(C)cc2)nn1. The predicted molar refractivity (Wildman–Crippen MR) is 167 cm³/mol. The van der Waals surface area contributed by atoms with E-state index in [2.05, 4.69) is 39.1 Å². The van der Waals surface area contributed by atoms with Crippen molar-refractivity contribution in [3.8, 4) is 11.3 Å². The Morgan fingerprint density at radius 2 is 1.72 bits per heavy atom. The van der Waals surface area contributed by atoms with Gasteiger partial charge in [0, 0.05) is 40.0 Å². The second-order valence-corrected chi connectivity index (χ2v) is 13.2. The number of fused-ring (bicyclic) bond motifs is 5. The molecule has 0 bridgehead atoms. The van der Waals surface area contributed by atoms with Gasteiger partial charge in [0.1, 0.15) is 10.9 Å². The fourth-order valence-electron chi connectivity index (χ4n) is 5.57. The summed E-state index contributed by atoms with van der Waals surface area (Å²) in [6.45, 7) is 7.82. The maximum absolute atomic E-state index is 13.8. The van der Waals surface area contributed by atoms with Gasteiger partial charge in [0.05, 0.1) is 36.5 Å². The molecule has 0 spiro atoms. The van der Waals surface area contributed by atoms with E-state index in [4.69, 9.17) is 4.18 Å². The third kappa shape index (κ3) is 5.60. The van der Waals surface area contributed by atoms with Gasteiger partial charge in [-0.3, -0.25) is 8.98 Å². The lowest BCUT2D eigenvalue weighted by molar-refractivity contribution is -0.130. The van der Waals surface area contributed by atoms with Crippen molar-refractivity contribution >= 4 is 38.7 Å². The first-order chi connectivity index (χ1) is 20.8. The number of amides is 1. The minimum atomic E-state index is -3.87. The maximum Gasteiger partial charge on any atom is 0.297 e. The molecule has 3 heterocycles. The van der Waals surface area contributed by atoms with Crippen LogP contribution in [0.3, 0.4) is 0 Å². The van der Waals surface area contributed by atoms with Crippen LogP contribution in [0.5, 0.6) is 0 Å². The molecular weight excluding hydrogens is 583 g/mol. The molecule has 1 atom stereocenters. The number of aryl methyl sites for hydroxylation is 1. The van der Waals surface area contributed by atoms with E-state index in [1.165, 1.54) is 12.1 Å². The first kappa shape index (κ1) is 29.2. The van der Waals surface area contributed by atoms with Gasteiger partial charge in [-0.15, -0.1) is 16.9 Å². The van der Waals surface area contributed by atoms with E-state index in [9.17, 15) is 13.2 Å². The number of nitrogens with zero attached hydrogens (tertiary/aromatic N) is 5. The van der Waals surface area contributed by atoms with Crippen LogP contribution >= 0.6 is 11.8 Å². The highest BCUT2D eigenvalue weighted by molar-refractivity contribution is 8.00. The van der Waals surface area contributed by atoms with Gasteiger partial charge in [0.25, 0.3) is 10.1 Å². The summed E-state index contributed by atoms with van der Waals surface area (Å²) in [4.78, 5) is 16.9. The maximum atomic E-state index is 13.8. The van der Waals surface area contributed by atoms with Gasteiger partial charge in [-0.25, -0.2) is 4.68 Å². The Morgan fingerprint density at radius 3 is 2.49 bits per heavy atom. The molecule has 6 rings (SSSR count). The zero-order valence-electron chi connectivity index (χ0n) is 24.3. The smallest absolute Gasteiger partial charge is 0.297 e. The van der Waals surface area contributed by atoms with E-state index >= 15 is 0 Å². The quantitative estimate of drug-likeness (QED) is 0.187. The molecule has 5 aromatic rings. The van der Waals surface area contributed by atoms with Crippen LogP contribution in [-0.2, 0) is 32.2 Å². The number of para-hydroxylation sites is 1. The predicted octanol–water partition coefficient (Wildman–Crippen LogP) is 5.68. The van der Waals surface area contributed by atoms with Gasteiger partial charge in [-0.1, -0.05) is 59.3 Å². The molecule has 222 valence electrons. The molecule has 0 saturated heterocycles. The molecule has 2 aromatic heterocycles. The Balaban J connectivity index is 1.30. The van der Waals surface area contributed by atoms with Crippen LogP contribution in [0, 0.1) is 6.92 Å². The van der Waals surface area contributed by atoms with Gasteiger partial charge >= 0.3 is 0 Å². The van der Waals surface area contributed by atoms with E-state index in [-0.39, 0.29) is 29.2 Å². The van der Waals surface area contributed by atoms with Crippen molar-refractivity contribution in [3.63, 3.8) is 0 Å². The van der Waals surface area contributed by atoms with Crippen molar-refractivity contribution in [2.45, 2.75) is 48.9 Å². The van der Waals surface area contributed by atoms with Crippen LogP contribution in [0.15, 0.2) is 88.8 Å². The van der Waals surface area contributed by atoms with Crippen molar-refractivity contribution in [1.82, 2.24) is 24.5 Å². The highest BCUT2D eigenvalue weighted by Crippen LogP contribution is 2.53. The van der Waals surface area contributed by atoms with E-state index in [1.807, 2.05) is 56.1 Å². The van der Waals surface area contributed by atoms with Crippen molar-refractivity contribution < 1.29 is 17.4 Å². The van der Waals surface area contributed by atoms with Crippen molar-refractivity contribution in [2.75, 3.05) is 19.7 Å². The molecule has 3 aromatic carbocycles. The Morgan fingerprint density at radius 1 is 1.00 bits per heavy atom. The number of hydrogen-bond donors (Lipinski definition) is 0. The molecule has 9 nitrogen and oxygen atoms in total. The third-order valence-corrected chi connectivity index (χ3v) is 10.3. The lowest BCUT2D eigenvalue weighted by Crippen LogP contribution is -2.34. The minimum Gasteiger partial charge on any atom is -0.342 e. The minimum absolute atomic E-state index is 0.0688. The summed E-state index contributed by atoms with van der Waals surface area (Å²) < 4.78 is 34.2.